The van der Waals surface area contributed by atoms with E-state index in [1.54, 1.807) is 30.6 Å². The highest BCUT2D eigenvalue weighted by molar-refractivity contribution is 6.32. The van der Waals surface area contributed by atoms with E-state index in [1.807, 2.05) is 13.8 Å². The molecule has 1 aromatic carbocycles. The molecule has 2 aromatic rings. The molecule has 7 heteroatoms. The van der Waals surface area contributed by atoms with Crippen molar-refractivity contribution in [2.75, 3.05) is 18.9 Å². The lowest BCUT2D eigenvalue weighted by atomic mass is 10.2. The first-order valence-electron chi connectivity index (χ1n) is 7.11. The zero-order chi connectivity index (χ0) is 16.8. The Labute approximate surface area is 140 Å². The number of halogens is 1. The molecule has 0 aliphatic rings. The Morgan fingerprint density at radius 3 is 2.83 bits per heavy atom. The van der Waals surface area contributed by atoms with Gasteiger partial charge in [-0.1, -0.05) is 24.3 Å². The van der Waals surface area contributed by atoms with Gasteiger partial charge in [-0.25, -0.2) is 9.66 Å². The Balaban J connectivity index is 2.32. The van der Waals surface area contributed by atoms with Gasteiger partial charge in [-0.15, -0.1) is 0 Å². The normalized spacial score (nSPS) is 10.9. The Morgan fingerprint density at radius 1 is 1.43 bits per heavy atom. The highest BCUT2D eigenvalue weighted by Gasteiger charge is 2.12. The number of ether oxygens (including phenoxy) is 2. The summed E-state index contributed by atoms with van der Waals surface area (Å²) < 4.78 is 12.6. The Bertz CT molecular complexity index is 725. The molecular formula is C16H19ClN4O2. The van der Waals surface area contributed by atoms with Gasteiger partial charge in [-0.2, -0.15) is 5.10 Å². The molecule has 2 N–H and O–H groups in total. The summed E-state index contributed by atoms with van der Waals surface area (Å²) in [4.78, 5) is 4.08. The molecule has 2 rings (SSSR count). The van der Waals surface area contributed by atoms with Gasteiger partial charge in [0.15, 0.2) is 11.5 Å². The van der Waals surface area contributed by atoms with Gasteiger partial charge in [-0.05, 0) is 31.5 Å². The smallest absolute Gasteiger partial charge is 0.221 e. The molecule has 6 nitrogen and oxygen atoms in total. The molecule has 0 spiro atoms. The quantitative estimate of drug-likeness (QED) is 0.623. The molecular weight excluding hydrogens is 316 g/mol. The molecule has 0 radical (unpaired) electrons. The van der Waals surface area contributed by atoms with Gasteiger partial charge in [0.1, 0.15) is 6.61 Å². The molecule has 0 saturated heterocycles. The van der Waals surface area contributed by atoms with Crippen LogP contribution in [0.25, 0.3) is 0 Å². The average Bonchev–Trinajstić information content (AvgIpc) is 2.82. The average molecular weight is 335 g/mol. The number of hydrogen-bond acceptors (Lipinski definition) is 5. The van der Waals surface area contributed by atoms with E-state index in [0.29, 0.717) is 35.7 Å². The number of rotatable bonds is 7. The van der Waals surface area contributed by atoms with Crippen LogP contribution in [0.2, 0.25) is 5.02 Å². The van der Waals surface area contributed by atoms with Crippen molar-refractivity contribution in [2.24, 2.45) is 5.10 Å². The third-order valence-electron chi connectivity index (χ3n) is 2.84. The highest BCUT2D eigenvalue weighted by atomic mass is 35.5. The maximum atomic E-state index is 6.28. The molecule has 1 aromatic heterocycles. The number of nitrogens with zero attached hydrogens (tertiary/aromatic N) is 3. The summed E-state index contributed by atoms with van der Waals surface area (Å²) in [5.74, 6) is 1.36. The first-order chi connectivity index (χ1) is 11.0. The zero-order valence-corrected chi connectivity index (χ0v) is 13.9. The van der Waals surface area contributed by atoms with Crippen LogP contribution in [0.4, 0.5) is 5.95 Å². The molecule has 1 heterocycles. The van der Waals surface area contributed by atoms with Gasteiger partial charge in [0.25, 0.3) is 0 Å². The molecule has 0 bridgehead atoms. The predicted octanol–water partition coefficient (Wildman–Crippen LogP) is 3.27. The van der Waals surface area contributed by atoms with Crippen molar-refractivity contribution >= 4 is 23.8 Å². The van der Waals surface area contributed by atoms with E-state index in [2.05, 4.69) is 16.7 Å². The molecule has 0 fully saturated rings. The summed E-state index contributed by atoms with van der Waals surface area (Å²) in [6.45, 7) is 8.20. The van der Waals surface area contributed by atoms with Crippen LogP contribution in [0, 0.1) is 6.92 Å². The van der Waals surface area contributed by atoms with Gasteiger partial charge in [0, 0.05) is 0 Å². The van der Waals surface area contributed by atoms with Crippen molar-refractivity contribution in [3.8, 4) is 11.5 Å². The van der Waals surface area contributed by atoms with Crippen molar-refractivity contribution in [3.05, 3.63) is 47.3 Å². The Morgan fingerprint density at radius 2 is 2.22 bits per heavy atom. The van der Waals surface area contributed by atoms with Gasteiger partial charge < -0.3 is 15.2 Å². The standard InChI is InChI=1S/C16H19ClN4O2/c1-4-6-23-15-13(17)7-12(8-14(15)22-5-2)9-19-21-10-11(3)20-16(21)18/h4,7-10H,1,5-6H2,2-3H3,(H2,18,20). The predicted molar refractivity (Wildman–Crippen MR) is 92.7 cm³/mol. The van der Waals surface area contributed by atoms with Crippen LogP contribution in [0.15, 0.2) is 36.1 Å². The molecule has 0 unspecified atom stereocenters. The minimum Gasteiger partial charge on any atom is -0.490 e. The van der Waals surface area contributed by atoms with E-state index >= 15 is 0 Å². The van der Waals surface area contributed by atoms with Crippen LogP contribution in [-0.2, 0) is 0 Å². The SMILES string of the molecule is C=CCOc1c(Cl)cc(C=Nn2cc(C)nc2N)cc1OCC. The van der Waals surface area contributed by atoms with Crippen molar-refractivity contribution in [2.45, 2.75) is 13.8 Å². The second kappa shape index (κ2) is 7.69. The molecule has 0 amide bonds. The van der Waals surface area contributed by atoms with E-state index in [0.717, 1.165) is 11.3 Å². The number of aryl methyl sites for hydroxylation is 1. The van der Waals surface area contributed by atoms with Crippen molar-refractivity contribution in [3.63, 3.8) is 0 Å². The van der Waals surface area contributed by atoms with Gasteiger partial charge in [0.05, 0.1) is 29.7 Å². The van der Waals surface area contributed by atoms with Gasteiger partial charge in [0.2, 0.25) is 5.95 Å². The fourth-order valence-corrected chi connectivity index (χ4v) is 2.21. The summed E-state index contributed by atoms with van der Waals surface area (Å²) in [6.07, 6.45) is 5.01. The topological polar surface area (TPSA) is 74.7 Å². The van der Waals surface area contributed by atoms with Gasteiger partial charge >= 0.3 is 0 Å². The maximum absolute atomic E-state index is 6.28. The third-order valence-corrected chi connectivity index (χ3v) is 3.12. The van der Waals surface area contributed by atoms with Crippen LogP contribution in [0.3, 0.4) is 0 Å². The van der Waals surface area contributed by atoms with Crippen LogP contribution in [-0.4, -0.2) is 29.1 Å². The Kier molecular flexibility index (Phi) is 5.65. The second-order valence-electron chi connectivity index (χ2n) is 4.69. The maximum Gasteiger partial charge on any atom is 0.221 e. The number of nitrogen functional groups attached to an aromatic ring is 1. The van der Waals surface area contributed by atoms with E-state index in [9.17, 15) is 0 Å². The molecule has 0 aliphatic carbocycles. The second-order valence-corrected chi connectivity index (χ2v) is 5.10. The summed E-state index contributed by atoms with van der Waals surface area (Å²) in [7, 11) is 0. The minimum absolute atomic E-state index is 0.320. The van der Waals surface area contributed by atoms with Gasteiger partial charge in [-0.3, -0.25) is 0 Å². The van der Waals surface area contributed by atoms with E-state index in [1.165, 1.54) is 4.68 Å². The van der Waals surface area contributed by atoms with E-state index in [-0.39, 0.29) is 0 Å². The van der Waals surface area contributed by atoms with Crippen molar-refractivity contribution < 1.29 is 9.47 Å². The lowest BCUT2D eigenvalue weighted by Crippen LogP contribution is -2.01. The van der Waals surface area contributed by atoms with Crippen LogP contribution < -0.4 is 15.2 Å². The van der Waals surface area contributed by atoms with E-state index in [4.69, 9.17) is 26.8 Å². The number of nitrogens with two attached hydrogens (primary N) is 1. The fourth-order valence-electron chi connectivity index (χ4n) is 1.93. The molecule has 0 atom stereocenters. The molecule has 0 aliphatic heterocycles. The lowest BCUT2D eigenvalue weighted by molar-refractivity contribution is 0.297. The first-order valence-corrected chi connectivity index (χ1v) is 7.48. The van der Waals surface area contributed by atoms with Crippen LogP contribution in [0.5, 0.6) is 11.5 Å². The summed E-state index contributed by atoms with van der Waals surface area (Å²) in [5, 5.41) is 4.70. The monoisotopic (exact) mass is 334 g/mol. The van der Waals surface area contributed by atoms with E-state index < -0.39 is 0 Å². The summed E-state index contributed by atoms with van der Waals surface area (Å²) >= 11 is 6.28. The fraction of sp³-hybridized carbons (Fsp3) is 0.250. The molecule has 0 saturated carbocycles. The van der Waals surface area contributed by atoms with Crippen molar-refractivity contribution in [1.29, 1.82) is 0 Å². The molecule has 122 valence electrons. The number of imidazole rings is 1. The largest absolute Gasteiger partial charge is 0.490 e. The number of anilines is 1. The zero-order valence-electron chi connectivity index (χ0n) is 13.1. The number of aromatic nitrogens is 2. The first kappa shape index (κ1) is 16.9. The highest BCUT2D eigenvalue weighted by Crippen LogP contribution is 2.36. The summed E-state index contributed by atoms with van der Waals surface area (Å²) in [5.41, 5.74) is 7.30. The van der Waals surface area contributed by atoms with Crippen molar-refractivity contribution in [1.82, 2.24) is 9.66 Å². The number of benzene rings is 1. The molecule has 23 heavy (non-hydrogen) atoms. The third kappa shape index (κ3) is 4.26. The Hall–Kier alpha value is -2.47. The van der Waals surface area contributed by atoms with Crippen LogP contribution >= 0.6 is 11.6 Å². The number of hydrogen-bond donors (Lipinski definition) is 1. The summed E-state index contributed by atoms with van der Waals surface area (Å²) in [6, 6.07) is 3.54. The lowest BCUT2D eigenvalue weighted by Gasteiger charge is -2.13. The minimum atomic E-state index is 0.320. The van der Waals surface area contributed by atoms with Crippen LogP contribution in [0.1, 0.15) is 18.2 Å².